The molecule has 0 bridgehead atoms. The quantitative estimate of drug-likeness (QED) is 0.862. The van der Waals surface area contributed by atoms with Crippen LogP contribution in [0.3, 0.4) is 0 Å². The van der Waals surface area contributed by atoms with Gasteiger partial charge in [-0.3, -0.25) is 4.79 Å². The van der Waals surface area contributed by atoms with Crippen LogP contribution in [-0.2, 0) is 6.18 Å². The van der Waals surface area contributed by atoms with Gasteiger partial charge in [-0.25, -0.2) is 4.39 Å². The number of carbonyl (C=O) groups excluding carboxylic acids is 1. The molecule has 0 heterocycles. The van der Waals surface area contributed by atoms with Gasteiger partial charge >= 0.3 is 6.18 Å². The van der Waals surface area contributed by atoms with Gasteiger partial charge in [0.2, 0.25) is 0 Å². The lowest BCUT2D eigenvalue weighted by atomic mass is 10.1. The molecule has 1 amide bonds. The van der Waals surface area contributed by atoms with E-state index in [1.165, 1.54) is 6.92 Å². The van der Waals surface area contributed by atoms with Gasteiger partial charge in [-0.2, -0.15) is 18.4 Å². The number of alkyl halides is 3. The van der Waals surface area contributed by atoms with Gasteiger partial charge in [0.05, 0.1) is 23.1 Å². The maximum absolute atomic E-state index is 13.6. The number of carbonyl (C=O) groups is 1. The van der Waals surface area contributed by atoms with Crippen molar-refractivity contribution >= 4 is 5.91 Å². The molecule has 0 aliphatic carbocycles. The van der Waals surface area contributed by atoms with E-state index in [1.54, 1.807) is 0 Å². The van der Waals surface area contributed by atoms with E-state index in [2.05, 4.69) is 5.32 Å². The number of hydrogen-bond acceptors (Lipinski definition) is 2. The Hall–Kier alpha value is -2.10. The topological polar surface area (TPSA) is 52.9 Å². The maximum Gasteiger partial charge on any atom is 0.419 e. The Balaban J connectivity index is 2.97. The Morgan fingerprint density at radius 2 is 2.11 bits per heavy atom. The van der Waals surface area contributed by atoms with Crippen molar-refractivity contribution in [2.75, 3.05) is 6.54 Å². The molecule has 1 aromatic rings. The first-order chi connectivity index (χ1) is 8.77. The van der Waals surface area contributed by atoms with Crippen molar-refractivity contribution in [2.45, 2.75) is 13.1 Å². The highest BCUT2D eigenvalue weighted by Gasteiger charge is 2.35. The number of rotatable bonds is 3. The molecule has 0 aliphatic heterocycles. The van der Waals surface area contributed by atoms with Crippen molar-refractivity contribution in [3.63, 3.8) is 0 Å². The molecule has 19 heavy (non-hydrogen) atoms. The molecule has 7 heteroatoms. The summed E-state index contributed by atoms with van der Waals surface area (Å²) in [4.78, 5) is 11.5. The van der Waals surface area contributed by atoms with E-state index in [-0.39, 0.29) is 6.54 Å². The minimum absolute atomic E-state index is 0.0645. The third kappa shape index (κ3) is 3.68. The lowest BCUT2D eigenvalue weighted by Crippen LogP contribution is -2.29. The van der Waals surface area contributed by atoms with Gasteiger partial charge in [0.25, 0.3) is 5.91 Å². The first kappa shape index (κ1) is 15.0. The Morgan fingerprint density at radius 3 is 2.63 bits per heavy atom. The van der Waals surface area contributed by atoms with Crippen LogP contribution in [0.5, 0.6) is 0 Å². The van der Waals surface area contributed by atoms with Gasteiger partial charge < -0.3 is 5.32 Å². The number of halogens is 4. The first-order valence-electron chi connectivity index (χ1n) is 5.31. The second-order valence-electron chi connectivity index (χ2n) is 3.91. The molecule has 0 spiro atoms. The highest BCUT2D eigenvalue weighted by atomic mass is 19.4. The van der Waals surface area contributed by atoms with E-state index in [1.807, 2.05) is 6.07 Å². The normalized spacial score (nSPS) is 12.6. The highest BCUT2D eigenvalue weighted by molar-refractivity contribution is 5.94. The predicted octanol–water partition coefficient (Wildman–Crippen LogP) is 2.73. The molecule has 1 rings (SSSR count). The van der Waals surface area contributed by atoms with Crippen molar-refractivity contribution in [1.29, 1.82) is 5.26 Å². The summed E-state index contributed by atoms with van der Waals surface area (Å²) in [7, 11) is 0. The second kappa shape index (κ2) is 5.69. The average Bonchev–Trinajstić information content (AvgIpc) is 2.34. The van der Waals surface area contributed by atoms with Crippen LogP contribution >= 0.6 is 0 Å². The monoisotopic (exact) mass is 274 g/mol. The molecule has 0 saturated heterocycles. The zero-order chi connectivity index (χ0) is 14.6. The standard InChI is InChI=1S/C12H10F4N2O/c1-7(5-17)6-18-11(19)8-3-2-4-9(10(8)13)12(14,15)16/h2-4,7H,6H2,1H3,(H,18,19). The fraction of sp³-hybridized carbons (Fsp3) is 0.333. The summed E-state index contributed by atoms with van der Waals surface area (Å²) < 4.78 is 50.9. The number of amides is 1. The summed E-state index contributed by atoms with van der Waals surface area (Å²) in [5.41, 5.74) is -2.19. The van der Waals surface area contributed by atoms with Gasteiger partial charge in [-0.1, -0.05) is 6.07 Å². The van der Waals surface area contributed by atoms with Crippen molar-refractivity contribution in [1.82, 2.24) is 5.32 Å². The Labute approximate surface area is 106 Å². The molecule has 3 nitrogen and oxygen atoms in total. The molecule has 102 valence electrons. The predicted molar refractivity (Wildman–Crippen MR) is 58.5 cm³/mol. The largest absolute Gasteiger partial charge is 0.419 e. The van der Waals surface area contributed by atoms with E-state index in [0.717, 1.165) is 12.1 Å². The zero-order valence-corrected chi connectivity index (χ0v) is 9.88. The molecule has 1 atom stereocenters. The minimum atomic E-state index is -4.86. The van der Waals surface area contributed by atoms with Crippen molar-refractivity contribution in [3.8, 4) is 6.07 Å². The summed E-state index contributed by atoms with van der Waals surface area (Å²) >= 11 is 0. The molecular formula is C12H10F4N2O. The average molecular weight is 274 g/mol. The lowest BCUT2D eigenvalue weighted by Gasteiger charge is -2.11. The zero-order valence-electron chi connectivity index (χ0n) is 9.88. The molecular weight excluding hydrogens is 264 g/mol. The second-order valence-corrected chi connectivity index (χ2v) is 3.91. The molecule has 1 aromatic carbocycles. The van der Waals surface area contributed by atoms with Gasteiger partial charge in [0, 0.05) is 6.54 Å². The summed E-state index contributed by atoms with van der Waals surface area (Å²) in [5, 5.41) is 10.7. The van der Waals surface area contributed by atoms with Crippen LogP contribution < -0.4 is 5.32 Å². The van der Waals surface area contributed by atoms with Crippen LogP contribution in [0.1, 0.15) is 22.8 Å². The lowest BCUT2D eigenvalue weighted by molar-refractivity contribution is -0.140. The van der Waals surface area contributed by atoms with E-state index in [9.17, 15) is 22.4 Å². The molecule has 1 N–H and O–H groups in total. The van der Waals surface area contributed by atoms with Crippen molar-refractivity contribution in [2.24, 2.45) is 5.92 Å². The Morgan fingerprint density at radius 1 is 1.47 bits per heavy atom. The van der Waals surface area contributed by atoms with Gasteiger partial charge in [-0.15, -0.1) is 0 Å². The minimum Gasteiger partial charge on any atom is -0.351 e. The molecule has 0 fully saturated rings. The smallest absolute Gasteiger partial charge is 0.351 e. The fourth-order valence-corrected chi connectivity index (χ4v) is 1.31. The number of hydrogen-bond donors (Lipinski definition) is 1. The number of benzene rings is 1. The van der Waals surface area contributed by atoms with E-state index in [0.29, 0.717) is 6.07 Å². The third-order valence-electron chi connectivity index (χ3n) is 2.34. The van der Waals surface area contributed by atoms with Gasteiger partial charge in [0.1, 0.15) is 5.82 Å². The molecule has 0 aromatic heterocycles. The van der Waals surface area contributed by atoms with Crippen LogP contribution in [0, 0.1) is 23.1 Å². The van der Waals surface area contributed by atoms with Crippen LogP contribution in [0.4, 0.5) is 17.6 Å². The van der Waals surface area contributed by atoms with E-state index < -0.39 is 34.9 Å². The molecule has 1 unspecified atom stereocenters. The fourth-order valence-electron chi connectivity index (χ4n) is 1.31. The third-order valence-corrected chi connectivity index (χ3v) is 2.34. The number of nitrogens with one attached hydrogen (secondary N) is 1. The van der Waals surface area contributed by atoms with Gasteiger partial charge in [-0.05, 0) is 19.1 Å². The SMILES string of the molecule is CC(C#N)CNC(=O)c1cccc(C(F)(F)F)c1F. The number of nitriles is 1. The summed E-state index contributed by atoms with van der Waals surface area (Å²) in [5.74, 6) is -3.11. The van der Waals surface area contributed by atoms with E-state index in [4.69, 9.17) is 5.26 Å². The van der Waals surface area contributed by atoms with Crippen LogP contribution in [0.2, 0.25) is 0 Å². The summed E-state index contributed by atoms with van der Waals surface area (Å²) in [6, 6.07) is 4.30. The molecule has 0 saturated carbocycles. The van der Waals surface area contributed by atoms with Crippen LogP contribution in [0.15, 0.2) is 18.2 Å². The number of nitrogens with zero attached hydrogens (tertiary/aromatic N) is 1. The maximum atomic E-state index is 13.6. The van der Waals surface area contributed by atoms with Gasteiger partial charge in [0.15, 0.2) is 0 Å². The van der Waals surface area contributed by atoms with Crippen molar-refractivity contribution in [3.05, 3.63) is 35.1 Å². The summed E-state index contributed by atoms with van der Waals surface area (Å²) in [6.45, 7) is 1.45. The van der Waals surface area contributed by atoms with Crippen molar-refractivity contribution < 1.29 is 22.4 Å². The Bertz CT molecular complexity index is 519. The first-order valence-corrected chi connectivity index (χ1v) is 5.31. The van der Waals surface area contributed by atoms with Crippen LogP contribution in [-0.4, -0.2) is 12.5 Å². The van der Waals surface area contributed by atoms with E-state index >= 15 is 0 Å². The van der Waals surface area contributed by atoms with Crippen LogP contribution in [0.25, 0.3) is 0 Å². The summed E-state index contributed by atoms with van der Waals surface area (Å²) in [6.07, 6.45) is -4.86. The highest BCUT2D eigenvalue weighted by Crippen LogP contribution is 2.32. The molecule has 0 aliphatic rings. The Kier molecular flexibility index (Phi) is 4.48. The molecule has 0 radical (unpaired) electrons.